The minimum Gasteiger partial charge on any atom is -0.478 e. The zero-order chi connectivity index (χ0) is 13.1. The lowest BCUT2D eigenvalue weighted by Gasteiger charge is -2.10. The minimum atomic E-state index is -0.930. The van der Waals surface area contributed by atoms with Crippen LogP contribution in [0.3, 0.4) is 0 Å². The van der Waals surface area contributed by atoms with Crippen molar-refractivity contribution >= 4 is 11.7 Å². The summed E-state index contributed by atoms with van der Waals surface area (Å²) in [6.07, 6.45) is 3.56. The van der Waals surface area contributed by atoms with E-state index in [2.05, 4.69) is 10.3 Å². The maximum Gasteiger partial charge on any atom is 0.337 e. The number of aromatic nitrogens is 2. The first-order chi connectivity index (χ1) is 8.58. The van der Waals surface area contributed by atoms with E-state index in [0.29, 0.717) is 12.2 Å². The Bertz CT molecular complexity index is 575. The number of nitrogens with one attached hydrogen (secondary N) is 1. The second kappa shape index (κ2) is 4.91. The number of carbonyl (C=O) groups is 1. The molecule has 18 heavy (non-hydrogen) atoms. The number of nitrogens with zero attached hydrogens (tertiary/aromatic N) is 2. The SMILES string of the molecule is Cc1ccc(NCc2nccn2C)c(C(=O)O)c1. The summed E-state index contributed by atoms with van der Waals surface area (Å²) >= 11 is 0. The molecule has 0 spiro atoms. The molecule has 0 saturated carbocycles. The largest absolute Gasteiger partial charge is 0.478 e. The molecule has 94 valence electrons. The van der Waals surface area contributed by atoms with Crippen LogP contribution in [0.15, 0.2) is 30.6 Å². The van der Waals surface area contributed by atoms with Gasteiger partial charge in [-0.25, -0.2) is 9.78 Å². The second-order valence-electron chi connectivity index (χ2n) is 4.16. The van der Waals surface area contributed by atoms with Gasteiger partial charge in [-0.2, -0.15) is 0 Å². The molecule has 0 fully saturated rings. The number of anilines is 1. The van der Waals surface area contributed by atoms with Gasteiger partial charge in [0.05, 0.1) is 12.1 Å². The fraction of sp³-hybridized carbons (Fsp3) is 0.231. The smallest absolute Gasteiger partial charge is 0.337 e. The highest BCUT2D eigenvalue weighted by atomic mass is 16.4. The van der Waals surface area contributed by atoms with E-state index in [-0.39, 0.29) is 5.56 Å². The van der Waals surface area contributed by atoms with Crippen LogP contribution in [0.4, 0.5) is 5.69 Å². The van der Waals surface area contributed by atoms with Gasteiger partial charge in [-0.3, -0.25) is 0 Å². The summed E-state index contributed by atoms with van der Waals surface area (Å²) in [5, 5.41) is 12.2. The van der Waals surface area contributed by atoms with Crippen molar-refractivity contribution < 1.29 is 9.90 Å². The Balaban J connectivity index is 2.19. The summed E-state index contributed by atoms with van der Waals surface area (Å²) in [6.45, 7) is 2.36. The number of imidazole rings is 1. The number of aromatic carboxylic acids is 1. The first kappa shape index (κ1) is 12.2. The maximum atomic E-state index is 11.1. The number of hydrogen-bond donors (Lipinski definition) is 2. The molecule has 1 aromatic heterocycles. The van der Waals surface area contributed by atoms with Gasteiger partial charge in [0.15, 0.2) is 0 Å². The molecule has 0 aliphatic rings. The summed E-state index contributed by atoms with van der Waals surface area (Å²) in [4.78, 5) is 15.3. The summed E-state index contributed by atoms with van der Waals surface area (Å²) in [7, 11) is 1.90. The lowest BCUT2D eigenvalue weighted by Crippen LogP contribution is -2.09. The lowest BCUT2D eigenvalue weighted by molar-refractivity contribution is 0.0698. The van der Waals surface area contributed by atoms with E-state index in [1.54, 1.807) is 18.3 Å². The highest BCUT2D eigenvalue weighted by Gasteiger charge is 2.10. The molecule has 2 N–H and O–H groups in total. The van der Waals surface area contributed by atoms with Crippen molar-refractivity contribution in [2.24, 2.45) is 7.05 Å². The average molecular weight is 245 g/mol. The predicted octanol–water partition coefficient (Wildman–Crippen LogP) is 2.04. The Morgan fingerprint density at radius 1 is 1.50 bits per heavy atom. The molecular weight excluding hydrogens is 230 g/mol. The molecule has 5 heteroatoms. The highest BCUT2D eigenvalue weighted by Crippen LogP contribution is 2.18. The third-order valence-corrected chi connectivity index (χ3v) is 2.76. The molecule has 1 heterocycles. The Morgan fingerprint density at radius 3 is 2.89 bits per heavy atom. The Labute approximate surface area is 105 Å². The van der Waals surface area contributed by atoms with Crippen LogP contribution in [-0.4, -0.2) is 20.6 Å². The van der Waals surface area contributed by atoms with E-state index in [1.807, 2.05) is 30.8 Å². The normalized spacial score (nSPS) is 10.3. The third kappa shape index (κ3) is 2.51. The maximum absolute atomic E-state index is 11.1. The van der Waals surface area contributed by atoms with E-state index < -0.39 is 5.97 Å². The van der Waals surface area contributed by atoms with E-state index >= 15 is 0 Å². The second-order valence-corrected chi connectivity index (χ2v) is 4.16. The number of rotatable bonds is 4. The van der Waals surface area contributed by atoms with Crippen LogP contribution in [0, 0.1) is 6.92 Å². The van der Waals surface area contributed by atoms with E-state index in [1.165, 1.54) is 0 Å². The van der Waals surface area contributed by atoms with Gasteiger partial charge in [0.25, 0.3) is 0 Å². The van der Waals surface area contributed by atoms with E-state index in [9.17, 15) is 4.79 Å². The predicted molar refractivity (Wildman–Crippen MR) is 68.7 cm³/mol. The summed E-state index contributed by atoms with van der Waals surface area (Å²) < 4.78 is 1.89. The molecule has 1 aromatic carbocycles. The van der Waals surface area contributed by atoms with Crippen molar-refractivity contribution in [2.45, 2.75) is 13.5 Å². The fourth-order valence-corrected chi connectivity index (χ4v) is 1.73. The summed E-state index contributed by atoms with van der Waals surface area (Å²) in [5.74, 6) is -0.0760. The van der Waals surface area contributed by atoms with Crippen LogP contribution in [-0.2, 0) is 13.6 Å². The molecule has 0 unspecified atom stereocenters. The van der Waals surface area contributed by atoms with Gasteiger partial charge < -0.3 is 15.0 Å². The van der Waals surface area contributed by atoms with E-state index in [4.69, 9.17) is 5.11 Å². The van der Waals surface area contributed by atoms with Gasteiger partial charge in [0.1, 0.15) is 5.82 Å². The number of aryl methyl sites for hydroxylation is 2. The van der Waals surface area contributed by atoms with Crippen LogP contribution < -0.4 is 5.32 Å². The zero-order valence-corrected chi connectivity index (χ0v) is 10.3. The van der Waals surface area contributed by atoms with Crippen LogP contribution in [0.25, 0.3) is 0 Å². The van der Waals surface area contributed by atoms with Crippen molar-refractivity contribution in [3.8, 4) is 0 Å². The first-order valence-electron chi connectivity index (χ1n) is 5.62. The van der Waals surface area contributed by atoms with Gasteiger partial charge in [-0.05, 0) is 19.1 Å². The monoisotopic (exact) mass is 245 g/mol. The average Bonchev–Trinajstić information content (AvgIpc) is 2.73. The van der Waals surface area contributed by atoms with Crippen LogP contribution >= 0.6 is 0 Å². The molecule has 5 nitrogen and oxygen atoms in total. The molecule has 0 amide bonds. The molecule has 0 aliphatic carbocycles. The van der Waals surface area contributed by atoms with Crippen molar-refractivity contribution in [2.75, 3.05) is 5.32 Å². The molecule has 0 bridgehead atoms. The third-order valence-electron chi connectivity index (χ3n) is 2.76. The van der Waals surface area contributed by atoms with E-state index in [0.717, 1.165) is 11.4 Å². The quantitative estimate of drug-likeness (QED) is 0.865. The summed E-state index contributed by atoms with van der Waals surface area (Å²) in [6, 6.07) is 5.32. The van der Waals surface area contributed by atoms with Gasteiger partial charge >= 0.3 is 5.97 Å². The van der Waals surface area contributed by atoms with Gasteiger partial charge in [0, 0.05) is 25.1 Å². The highest BCUT2D eigenvalue weighted by molar-refractivity contribution is 5.94. The number of hydrogen-bond acceptors (Lipinski definition) is 3. The van der Waals surface area contributed by atoms with Gasteiger partial charge in [-0.1, -0.05) is 11.6 Å². The lowest BCUT2D eigenvalue weighted by atomic mass is 10.1. The molecule has 0 radical (unpaired) electrons. The van der Waals surface area contributed by atoms with Crippen molar-refractivity contribution in [3.05, 3.63) is 47.5 Å². The fourth-order valence-electron chi connectivity index (χ4n) is 1.73. The van der Waals surface area contributed by atoms with Gasteiger partial charge in [-0.15, -0.1) is 0 Å². The molecule has 0 saturated heterocycles. The molecule has 0 atom stereocenters. The van der Waals surface area contributed by atoms with Crippen LogP contribution in [0.1, 0.15) is 21.7 Å². The van der Waals surface area contributed by atoms with Crippen LogP contribution in [0.2, 0.25) is 0 Å². The van der Waals surface area contributed by atoms with Crippen molar-refractivity contribution in [1.29, 1.82) is 0 Å². The zero-order valence-electron chi connectivity index (χ0n) is 10.3. The van der Waals surface area contributed by atoms with Crippen molar-refractivity contribution in [1.82, 2.24) is 9.55 Å². The van der Waals surface area contributed by atoms with Crippen molar-refractivity contribution in [3.63, 3.8) is 0 Å². The Hall–Kier alpha value is -2.30. The number of benzene rings is 1. The Kier molecular flexibility index (Phi) is 3.32. The van der Waals surface area contributed by atoms with Gasteiger partial charge in [0.2, 0.25) is 0 Å². The molecule has 2 rings (SSSR count). The standard InChI is InChI=1S/C13H15N3O2/c1-9-3-4-11(10(7-9)13(17)18)15-8-12-14-5-6-16(12)2/h3-7,15H,8H2,1-2H3,(H,17,18). The van der Waals surface area contributed by atoms with Crippen LogP contribution in [0.5, 0.6) is 0 Å². The Morgan fingerprint density at radius 2 is 2.28 bits per heavy atom. The molecule has 0 aliphatic heterocycles. The topological polar surface area (TPSA) is 67.2 Å². The number of carboxylic acids is 1. The first-order valence-corrected chi connectivity index (χ1v) is 5.62. The molecular formula is C13H15N3O2. The number of carboxylic acid groups (broad SMARTS) is 1. The summed E-state index contributed by atoms with van der Waals surface area (Å²) in [5.41, 5.74) is 1.82. The molecule has 2 aromatic rings. The minimum absolute atomic E-state index is 0.282.